The van der Waals surface area contributed by atoms with Crippen LogP contribution < -0.4 is 26.1 Å². The SMILES string of the molecule is C/C(=N\Nc1nnc(SCC(=O)Nc2nnc(SCc3ccc(Cl)cc3)s2)n1N)c1ccc2c(c1)OCO2. The average Bonchev–Trinajstić information content (AvgIpc) is 3.65. The first-order valence-corrected chi connectivity index (χ1v) is 14.2. The first-order chi connectivity index (χ1) is 18.4. The average molecular weight is 590 g/mol. The molecule has 5 rings (SSSR count). The highest BCUT2D eigenvalue weighted by Gasteiger charge is 2.16. The van der Waals surface area contributed by atoms with Crippen molar-refractivity contribution in [2.75, 3.05) is 29.1 Å². The number of hydrogen-bond acceptors (Lipinski definition) is 13. The van der Waals surface area contributed by atoms with E-state index in [0.29, 0.717) is 32.5 Å². The van der Waals surface area contributed by atoms with Crippen LogP contribution in [0, 0.1) is 0 Å². The van der Waals surface area contributed by atoms with E-state index in [1.807, 2.05) is 49.4 Å². The lowest BCUT2D eigenvalue weighted by molar-refractivity contribution is -0.113. The van der Waals surface area contributed by atoms with Crippen LogP contribution in [0.4, 0.5) is 11.1 Å². The Hall–Kier alpha value is -3.53. The van der Waals surface area contributed by atoms with Gasteiger partial charge in [0.1, 0.15) is 0 Å². The number of carbonyl (C=O) groups excluding carboxylic acids is 1. The normalized spacial score (nSPS) is 12.5. The predicted octanol–water partition coefficient (Wildman–Crippen LogP) is 4.08. The van der Waals surface area contributed by atoms with Gasteiger partial charge >= 0.3 is 0 Å². The number of nitrogens with zero attached hydrogens (tertiary/aromatic N) is 6. The van der Waals surface area contributed by atoms with E-state index in [1.165, 1.54) is 27.8 Å². The van der Waals surface area contributed by atoms with Gasteiger partial charge in [0, 0.05) is 16.3 Å². The van der Waals surface area contributed by atoms with Crippen LogP contribution in [-0.2, 0) is 10.5 Å². The zero-order chi connectivity index (χ0) is 26.5. The maximum Gasteiger partial charge on any atom is 0.264 e. The van der Waals surface area contributed by atoms with E-state index < -0.39 is 0 Å². The van der Waals surface area contributed by atoms with Crippen LogP contribution in [0.3, 0.4) is 0 Å². The monoisotopic (exact) mass is 589 g/mol. The Morgan fingerprint density at radius 1 is 1.13 bits per heavy atom. The lowest BCUT2D eigenvalue weighted by Gasteiger charge is -2.05. The van der Waals surface area contributed by atoms with Crippen molar-refractivity contribution in [2.45, 2.75) is 22.2 Å². The summed E-state index contributed by atoms with van der Waals surface area (Å²) >= 11 is 9.88. The molecule has 4 N–H and O–H groups in total. The molecule has 12 nitrogen and oxygen atoms in total. The second-order valence-corrected chi connectivity index (χ2v) is 11.3. The third-order valence-corrected chi connectivity index (χ3v) is 8.28. The number of hydrazone groups is 1. The molecule has 38 heavy (non-hydrogen) atoms. The van der Waals surface area contributed by atoms with Crippen LogP contribution in [0.15, 0.2) is 57.1 Å². The number of fused-ring (bicyclic) bond motifs is 1. The van der Waals surface area contributed by atoms with Gasteiger partial charge in [0.05, 0.1) is 11.5 Å². The molecule has 2 aromatic heterocycles. The fourth-order valence-corrected chi connectivity index (χ4v) is 5.61. The first-order valence-electron chi connectivity index (χ1n) is 11.0. The van der Waals surface area contributed by atoms with Crippen LogP contribution in [0.25, 0.3) is 0 Å². The Bertz CT molecular complexity index is 1480. The van der Waals surface area contributed by atoms with Crippen molar-refractivity contribution in [3.05, 3.63) is 58.6 Å². The molecule has 3 heterocycles. The lowest BCUT2D eigenvalue weighted by Crippen LogP contribution is -2.17. The number of nitrogens with two attached hydrogens (primary N) is 1. The second-order valence-electron chi connectivity index (χ2n) is 7.68. The Morgan fingerprint density at radius 3 is 2.79 bits per heavy atom. The molecule has 16 heteroatoms. The van der Waals surface area contributed by atoms with E-state index in [2.05, 4.69) is 36.2 Å². The van der Waals surface area contributed by atoms with Gasteiger partial charge in [0.2, 0.25) is 23.0 Å². The minimum Gasteiger partial charge on any atom is -0.454 e. The van der Waals surface area contributed by atoms with Gasteiger partial charge in [0.25, 0.3) is 5.95 Å². The van der Waals surface area contributed by atoms with Crippen molar-refractivity contribution in [1.82, 2.24) is 25.1 Å². The third kappa shape index (κ3) is 6.48. The molecular formula is C22H20ClN9O3S3. The molecular weight excluding hydrogens is 570 g/mol. The van der Waals surface area contributed by atoms with E-state index in [0.717, 1.165) is 33.0 Å². The maximum absolute atomic E-state index is 12.4. The Kier molecular flexibility index (Phi) is 8.17. The summed E-state index contributed by atoms with van der Waals surface area (Å²) in [4.78, 5) is 12.4. The molecule has 0 aliphatic carbocycles. The quantitative estimate of drug-likeness (QED) is 0.0805. The van der Waals surface area contributed by atoms with Gasteiger partial charge in [-0.3, -0.25) is 10.1 Å². The third-order valence-electron chi connectivity index (χ3n) is 5.04. The Labute approximate surface area is 234 Å². The molecule has 1 aliphatic rings. The molecule has 0 atom stereocenters. The highest BCUT2D eigenvalue weighted by molar-refractivity contribution is 8.00. The van der Waals surface area contributed by atoms with Gasteiger partial charge in [-0.2, -0.15) is 5.10 Å². The minimum absolute atomic E-state index is 0.0572. The van der Waals surface area contributed by atoms with Crippen molar-refractivity contribution < 1.29 is 14.3 Å². The zero-order valence-corrected chi connectivity index (χ0v) is 23.0. The number of hydrogen-bond donors (Lipinski definition) is 3. The van der Waals surface area contributed by atoms with Crippen molar-refractivity contribution in [3.8, 4) is 11.5 Å². The van der Waals surface area contributed by atoms with Crippen LogP contribution in [0.2, 0.25) is 5.02 Å². The van der Waals surface area contributed by atoms with Crippen molar-refractivity contribution in [1.29, 1.82) is 0 Å². The van der Waals surface area contributed by atoms with Crippen LogP contribution >= 0.6 is 46.5 Å². The van der Waals surface area contributed by atoms with Gasteiger partial charge in [0.15, 0.2) is 15.8 Å². The predicted molar refractivity (Wildman–Crippen MR) is 149 cm³/mol. The molecule has 0 unspecified atom stereocenters. The summed E-state index contributed by atoms with van der Waals surface area (Å²) in [5.41, 5.74) is 5.44. The summed E-state index contributed by atoms with van der Waals surface area (Å²) in [6, 6.07) is 13.1. The summed E-state index contributed by atoms with van der Waals surface area (Å²) in [5.74, 6) is 8.16. The van der Waals surface area contributed by atoms with Crippen molar-refractivity contribution >= 4 is 69.2 Å². The number of ether oxygens (including phenoxy) is 2. The van der Waals surface area contributed by atoms with E-state index >= 15 is 0 Å². The number of thioether (sulfide) groups is 2. The summed E-state index contributed by atoms with van der Waals surface area (Å²) in [5, 5.41) is 24.7. The topological polar surface area (TPSA) is 154 Å². The number of rotatable bonds is 10. The lowest BCUT2D eigenvalue weighted by atomic mass is 10.1. The fraction of sp³-hybridized carbons (Fsp3) is 0.182. The van der Waals surface area contributed by atoms with E-state index in [-0.39, 0.29) is 24.4 Å². The summed E-state index contributed by atoms with van der Waals surface area (Å²) < 4.78 is 12.7. The molecule has 0 spiro atoms. The minimum atomic E-state index is -0.269. The van der Waals surface area contributed by atoms with Gasteiger partial charge in [-0.25, -0.2) is 10.1 Å². The van der Waals surface area contributed by atoms with Crippen LogP contribution in [0.1, 0.15) is 18.1 Å². The molecule has 1 aliphatic heterocycles. The number of aromatic nitrogens is 5. The van der Waals surface area contributed by atoms with E-state index in [4.69, 9.17) is 26.9 Å². The number of halogens is 1. The van der Waals surface area contributed by atoms with Crippen molar-refractivity contribution in [3.63, 3.8) is 0 Å². The summed E-state index contributed by atoms with van der Waals surface area (Å²) in [7, 11) is 0. The standard InChI is InChI=1S/C22H20ClN9O3S3/c1-12(14-4-7-16-17(8-14)35-11-34-16)26-27-19-28-30-21(32(19)24)36-10-18(33)25-20-29-31-22(38-20)37-9-13-2-5-15(23)6-3-13/h2-8H,9-11,24H2,1H3,(H,27,28)(H,25,29,33)/b26-12+. The largest absolute Gasteiger partial charge is 0.454 e. The molecule has 4 aromatic rings. The van der Waals surface area contributed by atoms with Crippen LogP contribution in [0.5, 0.6) is 11.5 Å². The first kappa shape index (κ1) is 26.1. The van der Waals surface area contributed by atoms with Gasteiger partial charge in [-0.05, 0) is 42.8 Å². The van der Waals surface area contributed by atoms with Crippen LogP contribution in [-0.4, -0.2) is 49.2 Å². The highest BCUT2D eigenvalue weighted by atomic mass is 35.5. The zero-order valence-electron chi connectivity index (χ0n) is 19.8. The molecule has 2 aromatic carbocycles. The molecule has 0 bridgehead atoms. The number of anilines is 2. The van der Waals surface area contributed by atoms with Gasteiger partial charge in [-0.15, -0.1) is 20.4 Å². The van der Waals surface area contributed by atoms with Gasteiger partial charge in [-0.1, -0.05) is 58.6 Å². The number of carbonyl (C=O) groups is 1. The fourth-order valence-electron chi connectivity index (χ4n) is 3.10. The summed E-state index contributed by atoms with van der Waals surface area (Å²) in [6.07, 6.45) is 0. The van der Waals surface area contributed by atoms with Crippen molar-refractivity contribution in [2.24, 2.45) is 5.10 Å². The molecule has 196 valence electrons. The Morgan fingerprint density at radius 2 is 1.95 bits per heavy atom. The highest BCUT2D eigenvalue weighted by Crippen LogP contribution is 2.33. The molecule has 0 radical (unpaired) electrons. The molecule has 0 saturated carbocycles. The summed E-state index contributed by atoms with van der Waals surface area (Å²) in [6.45, 7) is 2.03. The maximum atomic E-state index is 12.4. The second kappa shape index (κ2) is 11.9. The van der Waals surface area contributed by atoms with E-state index in [9.17, 15) is 4.79 Å². The molecule has 0 fully saturated rings. The molecule has 1 amide bonds. The Balaban J connectivity index is 1.10. The molecule has 0 saturated heterocycles. The smallest absolute Gasteiger partial charge is 0.264 e. The number of nitrogen functional groups attached to an aromatic ring is 1. The van der Waals surface area contributed by atoms with E-state index in [1.54, 1.807) is 0 Å². The number of nitrogens with one attached hydrogen (secondary N) is 2. The number of benzene rings is 2. The van der Waals surface area contributed by atoms with Gasteiger partial charge < -0.3 is 15.3 Å². The number of amides is 1.